The quantitative estimate of drug-likeness (QED) is 0.771. The van der Waals surface area contributed by atoms with E-state index >= 15 is 0 Å². The zero-order valence-corrected chi connectivity index (χ0v) is 11.3. The van der Waals surface area contributed by atoms with Gasteiger partial charge in [0.2, 0.25) is 0 Å². The highest BCUT2D eigenvalue weighted by Crippen LogP contribution is 2.36. The van der Waals surface area contributed by atoms with Crippen molar-refractivity contribution < 1.29 is 8.78 Å². The second-order valence-corrected chi connectivity index (χ2v) is 6.93. The third-order valence-electron chi connectivity index (χ3n) is 3.23. The van der Waals surface area contributed by atoms with Crippen molar-refractivity contribution >= 4 is 33.3 Å². The summed E-state index contributed by atoms with van der Waals surface area (Å²) in [5.74, 6) is 0.910. The zero-order valence-electron chi connectivity index (χ0n) is 9.68. The van der Waals surface area contributed by atoms with Crippen molar-refractivity contribution in [2.24, 2.45) is 5.92 Å². The molecule has 2 aromatic rings. The number of benzene rings is 1. The molecular formula is C13H13F2NS2. The second kappa shape index (κ2) is 5.13. The maximum atomic E-state index is 13.1. The minimum atomic E-state index is -1.26. The number of fused-ring (bicyclic) bond motifs is 1. The average molecular weight is 285 g/mol. The molecule has 3 rings (SSSR count). The molecule has 2 unspecified atom stereocenters. The van der Waals surface area contributed by atoms with Gasteiger partial charge in [-0.25, -0.2) is 13.8 Å². The smallest absolute Gasteiger partial charge is 0.151 e. The lowest BCUT2D eigenvalue weighted by atomic mass is 10.1. The molecule has 1 saturated carbocycles. The van der Waals surface area contributed by atoms with Crippen molar-refractivity contribution in [1.29, 1.82) is 0 Å². The van der Waals surface area contributed by atoms with Crippen molar-refractivity contribution in [3.8, 4) is 0 Å². The van der Waals surface area contributed by atoms with Crippen LogP contribution in [-0.4, -0.2) is 23.1 Å². The van der Waals surface area contributed by atoms with Gasteiger partial charge in [0, 0.05) is 5.75 Å². The third-order valence-corrected chi connectivity index (χ3v) is 5.64. The summed E-state index contributed by atoms with van der Waals surface area (Å²) in [5, 5.41) is 0. The Labute approximate surface area is 113 Å². The van der Waals surface area contributed by atoms with Gasteiger partial charge >= 0.3 is 0 Å². The van der Waals surface area contributed by atoms with E-state index in [0.717, 1.165) is 20.3 Å². The lowest BCUT2D eigenvalue weighted by Crippen LogP contribution is -2.06. The van der Waals surface area contributed by atoms with Crippen LogP contribution in [0.3, 0.4) is 0 Å². The van der Waals surface area contributed by atoms with Crippen molar-refractivity contribution in [3.63, 3.8) is 0 Å². The SMILES string of the molecule is FC1CC(CSc2nc3ccccc3s2)CC1F. The first-order chi connectivity index (χ1) is 8.72. The molecule has 0 aliphatic heterocycles. The normalized spacial score (nSPS) is 28.0. The molecule has 0 saturated heterocycles. The number of aromatic nitrogens is 1. The minimum absolute atomic E-state index is 0.145. The summed E-state index contributed by atoms with van der Waals surface area (Å²) >= 11 is 3.27. The monoisotopic (exact) mass is 285 g/mol. The van der Waals surface area contributed by atoms with Crippen molar-refractivity contribution in [2.75, 3.05) is 5.75 Å². The van der Waals surface area contributed by atoms with E-state index in [-0.39, 0.29) is 5.92 Å². The molecule has 1 nitrogen and oxygen atoms in total. The summed E-state index contributed by atoms with van der Waals surface area (Å²) in [6.45, 7) is 0. The van der Waals surface area contributed by atoms with Gasteiger partial charge in [-0.15, -0.1) is 11.3 Å². The Kier molecular flexibility index (Phi) is 3.52. The van der Waals surface area contributed by atoms with Crippen LogP contribution in [0.25, 0.3) is 10.2 Å². The summed E-state index contributed by atoms with van der Waals surface area (Å²) in [7, 11) is 0. The van der Waals surface area contributed by atoms with Gasteiger partial charge in [0.1, 0.15) is 12.3 Å². The Morgan fingerprint density at radius 2 is 1.94 bits per heavy atom. The molecule has 18 heavy (non-hydrogen) atoms. The van der Waals surface area contributed by atoms with Gasteiger partial charge in [-0.1, -0.05) is 23.9 Å². The molecular weight excluding hydrogens is 272 g/mol. The van der Waals surface area contributed by atoms with Crippen LogP contribution < -0.4 is 0 Å². The maximum absolute atomic E-state index is 13.1. The summed E-state index contributed by atoms with van der Waals surface area (Å²) in [6.07, 6.45) is -1.80. The summed E-state index contributed by atoms with van der Waals surface area (Å²) < 4.78 is 28.3. The number of nitrogens with zero attached hydrogens (tertiary/aromatic N) is 1. The fourth-order valence-corrected chi connectivity index (χ4v) is 4.49. The van der Waals surface area contributed by atoms with E-state index < -0.39 is 12.3 Å². The number of halogens is 2. The molecule has 0 spiro atoms. The van der Waals surface area contributed by atoms with E-state index in [0.29, 0.717) is 12.8 Å². The van der Waals surface area contributed by atoms with Crippen LogP contribution in [0, 0.1) is 5.92 Å². The lowest BCUT2D eigenvalue weighted by Gasteiger charge is -2.05. The average Bonchev–Trinajstić information content (AvgIpc) is 2.91. The van der Waals surface area contributed by atoms with Gasteiger partial charge < -0.3 is 0 Å². The second-order valence-electron chi connectivity index (χ2n) is 4.63. The molecule has 96 valence electrons. The van der Waals surface area contributed by atoms with E-state index in [4.69, 9.17) is 0 Å². The van der Waals surface area contributed by atoms with E-state index in [9.17, 15) is 8.78 Å². The highest BCUT2D eigenvalue weighted by atomic mass is 32.2. The molecule has 0 bridgehead atoms. The Bertz CT molecular complexity index is 500. The largest absolute Gasteiger partial charge is 0.244 e. The number of hydrogen-bond acceptors (Lipinski definition) is 3. The number of thiazole rings is 1. The Morgan fingerprint density at radius 3 is 2.67 bits per heavy atom. The molecule has 1 aliphatic rings. The van der Waals surface area contributed by atoms with Crippen LogP contribution in [0.2, 0.25) is 0 Å². The van der Waals surface area contributed by atoms with Crippen LogP contribution in [0.4, 0.5) is 8.78 Å². The van der Waals surface area contributed by atoms with Crippen LogP contribution in [0.1, 0.15) is 12.8 Å². The molecule has 1 fully saturated rings. The number of para-hydroxylation sites is 1. The first-order valence-corrected chi connectivity index (χ1v) is 7.79. The Balaban J connectivity index is 1.63. The van der Waals surface area contributed by atoms with Crippen LogP contribution in [0.15, 0.2) is 28.6 Å². The molecule has 1 aromatic carbocycles. The molecule has 2 atom stereocenters. The molecule has 1 aliphatic carbocycles. The topological polar surface area (TPSA) is 12.9 Å². The number of alkyl halides is 2. The van der Waals surface area contributed by atoms with Crippen LogP contribution in [0.5, 0.6) is 0 Å². The van der Waals surface area contributed by atoms with Gasteiger partial charge in [-0.05, 0) is 30.9 Å². The number of rotatable bonds is 3. The minimum Gasteiger partial charge on any atom is -0.244 e. The molecule has 0 radical (unpaired) electrons. The highest BCUT2D eigenvalue weighted by Gasteiger charge is 2.34. The van der Waals surface area contributed by atoms with Crippen molar-refractivity contribution in [2.45, 2.75) is 29.5 Å². The first kappa shape index (κ1) is 12.4. The molecule has 0 N–H and O–H groups in total. The van der Waals surface area contributed by atoms with Gasteiger partial charge in [0.25, 0.3) is 0 Å². The van der Waals surface area contributed by atoms with E-state index in [2.05, 4.69) is 4.98 Å². The van der Waals surface area contributed by atoms with Gasteiger partial charge in [0.15, 0.2) is 4.34 Å². The molecule has 1 heterocycles. The van der Waals surface area contributed by atoms with Crippen LogP contribution in [-0.2, 0) is 0 Å². The van der Waals surface area contributed by atoms with Crippen molar-refractivity contribution in [1.82, 2.24) is 4.98 Å². The van der Waals surface area contributed by atoms with Gasteiger partial charge in [-0.3, -0.25) is 0 Å². The van der Waals surface area contributed by atoms with Crippen molar-refractivity contribution in [3.05, 3.63) is 24.3 Å². The fourth-order valence-electron chi connectivity index (χ4n) is 2.27. The number of hydrogen-bond donors (Lipinski definition) is 0. The lowest BCUT2D eigenvalue weighted by molar-refractivity contribution is 0.199. The van der Waals surface area contributed by atoms with E-state index in [1.807, 2.05) is 24.3 Å². The molecule has 1 aromatic heterocycles. The Hall–Kier alpha value is -0.680. The van der Waals surface area contributed by atoms with Gasteiger partial charge in [0.05, 0.1) is 10.2 Å². The molecule has 0 amide bonds. The van der Waals surface area contributed by atoms with E-state index in [1.54, 1.807) is 23.1 Å². The summed E-state index contributed by atoms with van der Waals surface area (Å²) in [4.78, 5) is 4.51. The fraction of sp³-hybridized carbons (Fsp3) is 0.462. The van der Waals surface area contributed by atoms with Gasteiger partial charge in [-0.2, -0.15) is 0 Å². The predicted octanol–water partition coefficient (Wildman–Crippen LogP) is 4.47. The Morgan fingerprint density at radius 1 is 1.22 bits per heavy atom. The first-order valence-electron chi connectivity index (χ1n) is 5.99. The predicted molar refractivity (Wildman–Crippen MR) is 72.9 cm³/mol. The maximum Gasteiger partial charge on any atom is 0.151 e. The van der Waals surface area contributed by atoms with E-state index in [1.165, 1.54) is 0 Å². The third kappa shape index (κ3) is 2.52. The molecule has 5 heteroatoms. The summed E-state index contributed by atoms with van der Waals surface area (Å²) in [5.41, 5.74) is 1.00. The summed E-state index contributed by atoms with van der Waals surface area (Å²) in [6, 6.07) is 7.99. The zero-order chi connectivity index (χ0) is 12.5. The highest BCUT2D eigenvalue weighted by molar-refractivity contribution is 8.01. The standard InChI is InChI=1S/C13H13F2NS2/c14-9-5-8(6-10(9)15)7-17-13-16-11-3-1-2-4-12(11)18-13/h1-4,8-10H,5-7H2. The van der Waals surface area contributed by atoms with Crippen LogP contribution >= 0.6 is 23.1 Å². The number of thioether (sulfide) groups is 1.